The van der Waals surface area contributed by atoms with Gasteiger partial charge in [-0.1, -0.05) is 37.0 Å². The smallest absolute Gasteiger partial charge is 0.244 e. The summed E-state index contributed by atoms with van der Waals surface area (Å²) in [5, 5.41) is 2.55. The number of sulfonamides is 1. The van der Waals surface area contributed by atoms with Crippen molar-refractivity contribution in [1.82, 2.24) is 9.62 Å². The first-order valence-electron chi connectivity index (χ1n) is 8.57. The van der Waals surface area contributed by atoms with Crippen LogP contribution in [0.2, 0.25) is 0 Å². The predicted molar refractivity (Wildman–Crippen MR) is 95.5 cm³/mol. The van der Waals surface area contributed by atoms with E-state index in [0.717, 1.165) is 48.8 Å². The van der Waals surface area contributed by atoms with Gasteiger partial charge >= 0.3 is 0 Å². The molecule has 1 aromatic carbocycles. The molecule has 0 heterocycles. The Kier molecular flexibility index (Phi) is 6.04. The Hall–Kier alpha value is -1.40. The molecule has 1 aliphatic rings. The maximum Gasteiger partial charge on any atom is 0.244 e. The molecule has 0 radical (unpaired) electrons. The van der Waals surface area contributed by atoms with E-state index in [4.69, 9.17) is 0 Å². The van der Waals surface area contributed by atoms with Crippen LogP contribution in [0.4, 0.5) is 0 Å². The number of carbonyl (C=O) groups excluding carboxylic acids is 1. The lowest BCUT2D eigenvalue weighted by atomic mass is 9.95. The van der Waals surface area contributed by atoms with Crippen molar-refractivity contribution >= 4 is 15.9 Å². The molecule has 0 atom stereocenters. The third kappa shape index (κ3) is 3.98. The number of amides is 1. The first kappa shape index (κ1) is 18.9. The predicted octanol–water partition coefficient (Wildman–Crippen LogP) is 2.68. The molecule has 1 fully saturated rings. The lowest BCUT2D eigenvalue weighted by Gasteiger charge is -2.33. The van der Waals surface area contributed by atoms with E-state index in [1.54, 1.807) is 0 Å². The fourth-order valence-corrected chi connectivity index (χ4v) is 5.75. The molecule has 1 N–H and O–H groups in total. The van der Waals surface area contributed by atoms with Gasteiger partial charge < -0.3 is 5.32 Å². The Bertz CT molecular complexity index is 684. The number of nitrogens with one attached hydrogen (secondary N) is 1. The lowest BCUT2D eigenvalue weighted by Crippen LogP contribution is -2.46. The van der Waals surface area contributed by atoms with Gasteiger partial charge in [-0.05, 0) is 44.7 Å². The summed E-state index contributed by atoms with van der Waals surface area (Å²) in [5.41, 5.74) is 2.52. The molecule has 0 aromatic heterocycles. The van der Waals surface area contributed by atoms with Crippen LogP contribution in [0.15, 0.2) is 17.0 Å². The van der Waals surface area contributed by atoms with Crippen molar-refractivity contribution in [1.29, 1.82) is 0 Å². The normalized spacial score (nSPS) is 16.4. The molecule has 2 rings (SSSR count). The van der Waals surface area contributed by atoms with Gasteiger partial charge in [0.15, 0.2) is 0 Å². The van der Waals surface area contributed by atoms with Crippen LogP contribution in [-0.4, -0.2) is 38.3 Å². The Morgan fingerprint density at radius 2 is 1.67 bits per heavy atom. The number of hydrogen-bond donors (Lipinski definition) is 1. The molecule has 1 aromatic rings. The van der Waals surface area contributed by atoms with E-state index in [0.29, 0.717) is 4.90 Å². The molecule has 0 saturated heterocycles. The summed E-state index contributed by atoms with van der Waals surface area (Å²) in [5.74, 6) is -0.272. The van der Waals surface area contributed by atoms with Crippen molar-refractivity contribution in [2.45, 2.75) is 63.8 Å². The number of benzene rings is 1. The van der Waals surface area contributed by atoms with Gasteiger partial charge in [0.05, 0.1) is 11.4 Å². The number of rotatable bonds is 5. The van der Waals surface area contributed by atoms with Gasteiger partial charge in [0, 0.05) is 13.1 Å². The van der Waals surface area contributed by atoms with E-state index >= 15 is 0 Å². The van der Waals surface area contributed by atoms with Crippen LogP contribution in [-0.2, 0) is 14.8 Å². The van der Waals surface area contributed by atoms with Crippen molar-refractivity contribution in [2.75, 3.05) is 13.6 Å². The highest BCUT2D eigenvalue weighted by molar-refractivity contribution is 7.89. The van der Waals surface area contributed by atoms with Crippen LogP contribution < -0.4 is 5.32 Å². The summed E-state index contributed by atoms with van der Waals surface area (Å²) in [4.78, 5) is 12.3. The average molecular weight is 353 g/mol. The van der Waals surface area contributed by atoms with E-state index in [9.17, 15) is 13.2 Å². The fraction of sp³-hybridized carbons (Fsp3) is 0.611. The number of aryl methyl sites for hydroxylation is 3. The summed E-state index contributed by atoms with van der Waals surface area (Å²) in [6, 6.07) is 3.68. The van der Waals surface area contributed by atoms with E-state index in [-0.39, 0.29) is 18.5 Å². The first-order valence-corrected chi connectivity index (χ1v) is 10.0. The number of carbonyl (C=O) groups is 1. The highest BCUT2D eigenvalue weighted by Gasteiger charge is 2.35. The summed E-state index contributed by atoms with van der Waals surface area (Å²) >= 11 is 0. The zero-order chi connectivity index (χ0) is 17.9. The van der Waals surface area contributed by atoms with Crippen molar-refractivity contribution in [3.05, 3.63) is 28.8 Å². The molecule has 6 heteroatoms. The Balaban J connectivity index is 2.48. The zero-order valence-electron chi connectivity index (χ0n) is 15.1. The second-order valence-electron chi connectivity index (χ2n) is 6.74. The standard InChI is InChI=1S/C18H28N2O3S/c1-13-10-14(2)18(15(3)11-13)24(22,23)20(12-17(21)19-4)16-8-6-5-7-9-16/h10-11,16H,5-9,12H2,1-4H3,(H,19,21). The molecule has 0 spiro atoms. The molecular formula is C18H28N2O3S. The van der Waals surface area contributed by atoms with Gasteiger partial charge in [0.25, 0.3) is 0 Å². The summed E-state index contributed by atoms with van der Waals surface area (Å²) < 4.78 is 28.2. The molecule has 1 aliphatic carbocycles. The van der Waals surface area contributed by atoms with Crippen LogP contribution in [0.5, 0.6) is 0 Å². The van der Waals surface area contributed by atoms with Crippen LogP contribution in [0.1, 0.15) is 48.8 Å². The monoisotopic (exact) mass is 352 g/mol. The third-order valence-electron chi connectivity index (χ3n) is 4.73. The highest BCUT2D eigenvalue weighted by Crippen LogP contribution is 2.31. The Labute approximate surface area is 145 Å². The molecule has 0 unspecified atom stereocenters. The maximum atomic E-state index is 13.4. The third-order valence-corrected chi connectivity index (χ3v) is 6.94. The minimum absolute atomic E-state index is 0.0962. The van der Waals surface area contributed by atoms with Crippen molar-refractivity contribution in [2.24, 2.45) is 0 Å². The number of hydrogen-bond acceptors (Lipinski definition) is 3. The zero-order valence-corrected chi connectivity index (χ0v) is 15.9. The number of likely N-dealkylation sites (N-methyl/N-ethyl adjacent to an activating group) is 1. The quantitative estimate of drug-likeness (QED) is 0.886. The molecular weight excluding hydrogens is 324 g/mol. The molecule has 1 amide bonds. The van der Waals surface area contributed by atoms with E-state index in [2.05, 4.69) is 5.32 Å². The van der Waals surface area contributed by atoms with E-state index in [1.807, 2.05) is 32.9 Å². The minimum Gasteiger partial charge on any atom is -0.358 e. The van der Waals surface area contributed by atoms with E-state index in [1.165, 1.54) is 11.4 Å². The van der Waals surface area contributed by atoms with Gasteiger partial charge in [0.2, 0.25) is 15.9 Å². The van der Waals surface area contributed by atoms with Gasteiger partial charge in [-0.15, -0.1) is 0 Å². The average Bonchev–Trinajstić information content (AvgIpc) is 2.51. The maximum absolute atomic E-state index is 13.4. The number of nitrogens with zero attached hydrogens (tertiary/aromatic N) is 1. The molecule has 0 bridgehead atoms. The molecule has 24 heavy (non-hydrogen) atoms. The van der Waals surface area contributed by atoms with E-state index < -0.39 is 10.0 Å². The fourth-order valence-electron chi connectivity index (χ4n) is 3.69. The summed E-state index contributed by atoms with van der Waals surface area (Å²) in [6.45, 7) is 5.49. The lowest BCUT2D eigenvalue weighted by molar-refractivity contribution is -0.121. The summed E-state index contributed by atoms with van der Waals surface area (Å²) in [6.07, 6.45) is 4.79. The molecule has 1 saturated carbocycles. The SMILES string of the molecule is CNC(=O)CN(C1CCCCC1)S(=O)(=O)c1c(C)cc(C)cc1C. The summed E-state index contributed by atoms with van der Waals surface area (Å²) in [7, 11) is -2.17. The van der Waals surface area contributed by atoms with Gasteiger partial charge in [-0.2, -0.15) is 4.31 Å². The van der Waals surface area contributed by atoms with Gasteiger partial charge in [-0.3, -0.25) is 4.79 Å². The molecule has 0 aliphatic heterocycles. The molecule has 5 nitrogen and oxygen atoms in total. The van der Waals surface area contributed by atoms with Crippen LogP contribution >= 0.6 is 0 Å². The minimum atomic E-state index is -3.71. The van der Waals surface area contributed by atoms with Crippen molar-refractivity contribution in [3.8, 4) is 0 Å². The Morgan fingerprint density at radius 3 is 2.17 bits per heavy atom. The Morgan fingerprint density at radius 1 is 1.12 bits per heavy atom. The van der Waals surface area contributed by atoms with Crippen LogP contribution in [0.3, 0.4) is 0 Å². The van der Waals surface area contributed by atoms with Crippen LogP contribution in [0, 0.1) is 20.8 Å². The molecule has 134 valence electrons. The van der Waals surface area contributed by atoms with Gasteiger partial charge in [0.1, 0.15) is 0 Å². The van der Waals surface area contributed by atoms with Crippen LogP contribution in [0.25, 0.3) is 0 Å². The topological polar surface area (TPSA) is 66.5 Å². The largest absolute Gasteiger partial charge is 0.358 e. The highest BCUT2D eigenvalue weighted by atomic mass is 32.2. The van der Waals surface area contributed by atoms with Crippen molar-refractivity contribution < 1.29 is 13.2 Å². The second kappa shape index (κ2) is 7.66. The first-order chi connectivity index (χ1) is 11.3. The van der Waals surface area contributed by atoms with Crippen molar-refractivity contribution in [3.63, 3.8) is 0 Å². The van der Waals surface area contributed by atoms with Gasteiger partial charge in [-0.25, -0.2) is 8.42 Å². The second-order valence-corrected chi connectivity index (χ2v) is 8.57.